The van der Waals surface area contributed by atoms with Crippen molar-refractivity contribution < 1.29 is 14.3 Å². The van der Waals surface area contributed by atoms with Gasteiger partial charge < -0.3 is 19.9 Å². The minimum absolute atomic E-state index is 0.0487. The summed E-state index contributed by atoms with van der Waals surface area (Å²) >= 11 is 7.27. The molecule has 0 aliphatic rings. The lowest BCUT2D eigenvalue weighted by atomic mass is 10.3. The average molecular weight is 446 g/mol. The lowest BCUT2D eigenvalue weighted by Gasteiger charge is -2.08. The van der Waals surface area contributed by atoms with Gasteiger partial charge in [-0.3, -0.25) is 9.59 Å². The molecule has 0 spiro atoms. The summed E-state index contributed by atoms with van der Waals surface area (Å²) in [6.45, 7) is 0. The number of aromatic nitrogens is 3. The molecule has 1 aromatic heterocycles. The van der Waals surface area contributed by atoms with Gasteiger partial charge in [-0.1, -0.05) is 41.6 Å². The number of para-hydroxylation sites is 1. The number of benzene rings is 2. The molecule has 0 unspecified atom stereocenters. The van der Waals surface area contributed by atoms with Gasteiger partial charge in [-0.2, -0.15) is 0 Å². The van der Waals surface area contributed by atoms with E-state index in [1.807, 2.05) is 0 Å². The summed E-state index contributed by atoms with van der Waals surface area (Å²) in [6.07, 6.45) is 0.0487. The van der Waals surface area contributed by atoms with Crippen LogP contribution in [0.4, 0.5) is 11.4 Å². The Morgan fingerprint density at radius 2 is 1.90 bits per heavy atom. The summed E-state index contributed by atoms with van der Waals surface area (Å²) < 4.78 is 6.84. The highest BCUT2D eigenvalue weighted by atomic mass is 35.5. The second kappa shape index (κ2) is 10.1. The fraction of sp³-hybridized carbons (Fsp3) is 0.200. The summed E-state index contributed by atoms with van der Waals surface area (Å²) in [4.78, 5) is 24.5. The van der Waals surface area contributed by atoms with Gasteiger partial charge in [0.2, 0.25) is 11.8 Å². The Morgan fingerprint density at radius 3 is 2.67 bits per heavy atom. The summed E-state index contributed by atoms with van der Waals surface area (Å²) in [6, 6.07) is 14.1. The van der Waals surface area contributed by atoms with Gasteiger partial charge in [0.1, 0.15) is 11.6 Å². The molecule has 2 N–H and O–H groups in total. The Kier molecular flexibility index (Phi) is 7.31. The van der Waals surface area contributed by atoms with Crippen LogP contribution in [0.3, 0.4) is 0 Å². The molecule has 1 heterocycles. The largest absolute Gasteiger partial charge is 0.497 e. The first-order valence-corrected chi connectivity index (χ1v) is 10.3. The minimum atomic E-state index is -0.230. The van der Waals surface area contributed by atoms with Crippen LogP contribution in [0.15, 0.2) is 53.7 Å². The highest BCUT2D eigenvalue weighted by Crippen LogP contribution is 2.22. The molecule has 10 heteroatoms. The SMILES string of the molecule is COc1cccc(NC(=O)Cc2nnc(SCC(=O)Nc3ccccc3Cl)n2C)c1. The lowest BCUT2D eigenvalue weighted by molar-refractivity contribution is -0.116. The molecule has 0 saturated carbocycles. The van der Waals surface area contributed by atoms with Gasteiger partial charge in [-0.05, 0) is 24.3 Å². The third-order valence-electron chi connectivity index (χ3n) is 4.08. The van der Waals surface area contributed by atoms with Gasteiger partial charge in [-0.15, -0.1) is 10.2 Å². The highest BCUT2D eigenvalue weighted by molar-refractivity contribution is 7.99. The molecule has 0 aliphatic carbocycles. The second-order valence-electron chi connectivity index (χ2n) is 6.23. The molecule has 30 heavy (non-hydrogen) atoms. The number of thioether (sulfide) groups is 1. The lowest BCUT2D eigenvalue weighted by Crippen LogP contribution is -2.17. The third kappa shape index (κ3) is 5.74. The number of hydrogen-bond acceptors (Lipinski definition) is 6. The van der Waals surface area contributed by atoms with Gasteiger partial charge in [0, 0.05) is 18.8 Å². The van der Waals surface area contributed by atoms with Crippen LogP contribution in [0.2, 0.25) is 5.02 Å². The average Bonchev–Trinajstić information content (AvgIpc) is 3.07. The topological polar surface area (TPSA) is 98.1 Å². The van der Waals surface area contributed by atoms with Crippen molar-refractivity contribution in [3.63, 3.8) is 0 Å². The Morgan fingerprint density at radius 1 is 1.10 bits per heavy atom. The van der Waals surface area contributed by atoms with E-state index in [1.165, 1.54) is 11.8 Å². The summed E-state index contributed by atoms with van der Waals surface area (Å²) in [5.41, 5.74) is 1.19. The van der Waals surface area contributed by atoms with Crippen LogP contribution in [0, 0.1) is 0 Å². The first kappa shape index (κ1) is 21.7. The van der Waals surface area contributed by atoms with Gasteiger partial charge in [-0.25, -0.2) is 0 Å². The van der Waals surface area contributed by atoms with E-state index in [9.17, 15) is 9.59 Å². The van der Waals surface area contributed by atoms with Crippen molar-refractivity contribution in [1.29, 1.82) is 0 Å². The van der Waals surface area contributed by atoms with Gasteiger partial charge >= 0.3 is 0 Å². The smallest absolute Gasteiger partial charge is 0.234 e. The molecule has 156 valence electrons. The number of nitrogens with zero attached hydrogens (tertiary/aromatic N) is 3. The van der Waals surface area contributed by atoms with Crippen LogP contribution < -0.4 is 15.4 Å². The molecule has 8 nitrogen and oxygen atoms in total. The number of amides is 2. The Labute approximate surface area is 183 Å². The zero-order valence-corrected chi connectivity index (χ0v) is 18.0. The van der Waals surface area contributed by atoms with E-state index in [4.69, 9.17) is 16.3 Å². The quantitative estimate of drug-likeness (QED) is 0.516. The Bertz CT molecular complexity index is 1060. The first-order valence-electron chi connectivity index (χ1n) is 8.95. The molecule has 0 saturated heterocycles. The van der Waals surface area contributed by atoms with E-state index in [2.05, 4.69) is 20.8 Å². The van der Waals surface area contributed by atoms with E-state index in [0.717, 1.165) is 0 Å². The molecule has 3 rings (SSSR count). The second-order valence-corrected chi connectivity index (χ2v) is 7.58. The van der Waals surface area contributed by atoms with Crippen molar-refractivity contribution in [2.24, 2.45) is 7.05 Å². The zero-order chi connectivity index (χ0) is 21.5. The number of hydrogen-bond donors (Lipinski definition) is 2. The molecule has 0 bridgehead atoms. The third-order valence-corrected chi connectivity index (χ3v) is 5.43. The van der Waals surface area contributed by atoms with E-state index < -0.39 is 0 Å². The molecule has 0 fully saturated rings. The first-order chi connectivity index (χ1) is 14.5. The van der Waals surface area contributed by atoms with Crippen molar-refractivity contribution >= 4 is 46.6 Å². The molecular weight excluding hydrogens is 426 g/mol. The van der Waals surface area contributed by atoms with E-state index in [-0.39, 0.29) is 24.0 Å². The fourth-order valence-corrected chi connectivity index (χ4v) is 3.47. The standard InChI is InChI=1S/C20H20ClN5O3S/c1-26-17(11-18(27)22-13-6-5-7-14(10-13)29-2)24-25-20(26)30-12-19(28)23-16-9-4-3-8-15(16)21/h3-10H,11-12H2,1-2H3,(H,22,27)(H,23,28). The minimum Gasteiger partial charge on any atom is -0.497 e. The number of carbonyl (C=O) groups is 2. The predicted octanol–water partition coefficient (Wildman–Crippen LogP) is 3.39. The van der Waals surface area contributed by atoms with E-state index in [1.54, 1.807) is 67.3 Å². The van der Waals surface area contributed by atoms with Crippen molar-refractivity contribution in [2.45, 2.75) is 11.6 Å². The Balaban J connectivity index is 1.54. The molecular formula is C20H20ClN5O3S. The highest BCUT2D eigenvalue weighted by Gasteiger charge is 2.15. The maximum atomic E-state index is 12.3. The number of nitrogens with one attached hydrogen (secondary N) is 2. The van der Waals surface area contributed by atoms with Gasteiger partial charge in [0.25, 0.3) is 0 Å². The number of anilines is 2. The molecule has 0 atom stereocenters. The van der Waals surface area contributed by atoms with Crippen molar-refractivity contribution in [1.82, 2.24) is 14.8 Å². The molecule has 3 aromatic rings. The van der Waals surface area contributed by atoms with Crippen LogP contribution in [0.25, 0.3) is 0 Å². The number of halogens is 1. The maximum Gasteiger partial charge on any atom is 0.234 e. The monoisotopic (exact) mass is 445 g/mol. The van der Waals surface area contributed by atoms with Crippen LogP contribution in [0.5, 0.6) is 5.75 Å². The van der Waals surface area contributed by atoms with Crippen LogP contribution in [0.1, 0.15) is 5.82 Å². The van der Waals surface area contributed by atoms with E-state index >= 15 is 0 Å². The van der Waals surface area contributed by atoms with Crippen molar-refractivity contribution in [2.75, 3.05) is 23.5 Å². The number of methoxy groups -OCH3 is 1. The summed E-state index contributed by atoms with van der Waals surface area (Å²) in [7, 11) is 3.32. The molecule has 2 aromatic carbocycles. The maximum absolute atomic E-state index is 12.3. The zero-order valence-electron chi connectivity index (χ0n) is 16.4. The van der Waals surface area contributed by atoms with Crippen molar-refractivity contribution in [3.05, 3.63) is 59.4 Å². The van der Waals surface area contributed by atoms with Gasteiger partial charge in [0.05, 0.1) is 30.0 Å². The molecule has 2 amide bonds. The van der Waals surface area contributed by atoms with Crippen LogP contribution in [-0.2, 0) is 23.1 Å². The fourth-order valence-electron chi connectivity index (χ4n) is 2.55. The molecule has 0 aliphatic heterocycles. The Hall–Kier alpha value is -3.04. The molecule has 0 radical (unpaired) electrons. The van der Waals surface area contributed by atoms with Gasteiger partial charge in [0.15, 0.2) is 5.16 Å². The van der Waals surface area contributed by atoms with Crippen LogP contribution in [-0.4, -0.2) is 39.4 Å². The summed E-state index contributed by atoms with van der Waals surface area (Å²) in [5, 5.41) is 14.7. The predicted molar refractivity (Wildman–Crippen MR) is 117 cm³/mol. The normalized spacial score (nSPS) is 10.5. The number of ether oxygens (including phenoxy) is 1. The summed E-state index contributed by atoms with van der Waals surface area (Å²) in [5.74, 6) is 0.831. The van der Waals surface area contributed by atoms with Crippen LogP contribution >= 0.6 is 23.4 Å². The number of rotatable bonds is 8. The van der Waals surface area contributed by atoms with E-state index in [0.29, 0.717) is 33.1 Å². The number of carbonyl (C=O) groups excluding carboxylic acids is 2. The van der Waals surface area contributed by atoms with Crippen molar-refractivity contribution in [3.8, 4) is 5.75 Å².